The summed E-state index contributed by atoms with van der Waals surface area (Å²) >= 11 is 1.20. The maximum absolute atomic E-state index is 9.67. The molecule has 7 heteroatoms. The van der Waals surface area contributed by atoms with Crippen LogP contribution in [0.3, 0.4) is 0 Å². The summed E-state index contributed by atoms with van der Waals surface area (Å²) in [5.74, 6) is 0.645. The number of phenolic OH excluding ortho intramolecular Hbond substituents is 1. The first kappa shape index (κ1) is 12.6. The van der Waals surface area contributed by atoms with Gasteiger partial charge in [0.1, 0.15) is 17.2 Å². The van der Waals surface area contributed by atoms with Crippen LogP contribution >= 0.6 is 11.3 Å². The Kier molecular flexibility index (Phi) is 3.66. The molecule has 0 radical (unpaired) electrons. The van der Waals surface area contributed by atoms with Crippen LogP contribution in [0.1, 0.15) is 12.0 Å². The number of thiazole rings is 1. The SMILES string of the molecule is COc1ccc(O)c(Nc2nc(C(O)O)cs2)c1. The molecular weight excluding hydrogens is 256 g/mol. The van der Waals surface area contributed by atoms with Gasteiger partial charge < -0.3 is 25.4 Å². The summed E-state index contributed by atoms with van der Waals surface area (Å²) in [6.07, 6.45) is -1.60. The lowest BCUT2D eigenvalue weighted by Gasteiger charge is -2.07. The van der Waals surface area contributed by atoms with E-state index in [1.54, 1.807) is 12.1 Å². The van der Waals surface area contributed by atoms with Gasteiger partial charge in [0, 0.05) is 11.4 Å². The molecule has 0 aliphatic carbocycles. The number of aromatic hydroxyl groups is 1. The smallest absolute Gasteiger partial charge is 0.196 e. The van der Waals surface area contributed by atoms with E-state index in [0.717, 1.165) is 0 Å². The molecule has 0 fully saturated rings. The summed E-state index contributed by atoms with van der Waals surface area (Å²) in [7, 11) is 1.53. The summed E-state index contributed by atoms with van der Waals surface area (Å²) in [5.41, 5.74) is 0.590. The van der Waals surface area contributed by atoms with E-state index in [0.29, 0.717) is 16.6 Å². The molecule has 0 atom stereocenters. The average Bonchev–Trinajstić information content (AvgIpc) is 2.81. The second-order valence-electron chi connectivity index (χ2n) is 3.46. The van der Waals surface area contributed by atoms with E-state index < -0.39 is 6.29 Å². The largest absolute Gasteiger partial charge is 0.506 e. The topological polar surface area (TPSA) is 94.8 Å². The Labute approximate surface area is 107 Å². The number of aliphatic hydroxyl groups is 2. The zero-order valence-corrected chi connectivity index (χ0v) is 10.3. The number of rotatable bonds is 4. The first-order valence-electron chi connectivity index (χ1n) is 5.05. The van der Waals surface area contributed by atoms with Crippen LogP contribution in [0.15, 0.2) is 23.6 Å². The van der Waals surface area contributed by atoms with Crippen molar-refractivity contribution in [1.82, 2.24) is 4.98 Å². The number of anilines is 2. The molecule has 0 bridgehead atoms. The van der Waals surface area contributed by atoms with Crippen LogP contribution in [0.2, 0.25) is 0 Å². The maximum atomic E-state index is 9.67. The third kappa shape index (κ3) is 2.70. The molecule has 0 spiro atoms. The molecule has 0 saturated heterocycles. The molecule has 0 saturated carbocycles. The number of hydrogen-bond donors (Lipinski definition) is 4. The van der Waals surface area contributed by atoms with Crippen LogP contribution < -0.4 is 10.1 Å². The second-order valence-corrected chi connectivity index (χ2v) is 4.32. The Morgan fingerprint density at radius 2 is 2.17 bits per heavy atom. The van der Waals surface area contributed by atoms with Gasteiger partial charge in [0.15, 0.2) is 11.4 Å². The Morgan fingerprint density at radius 3 is 2.78 bits per heavy atom. The predicted molar refractivity (Wildman–Crippen MR) is 67.2 cm³/mol. The second kappa shape index (κ2) is 5.21. The lowest BCUT2D eigenvalue weighted by Crippen LogP contribution is -1.96. The molecule has 1 aromatic carbocycles. The number of methoxy groups -OCH3 is 1. The van der Waals surface area contributed by atoms with Gasteiger partial charge >= 0.3 is 0 Å². The van der Waals surface area contributed by atoms with E-state index in [9.17, 15) is 5.11 Å². The minimum absolute atomic E-state index is 0.0529. The summed E-state index contributed by atoms with van der Waals surface area (Å²) in [6, 6.07) is 4.74. The minimum atomic E-state index is -1.60. The van der Waals surface area contributed by atoms with Crippen LogP contribution in [0, 0.1) is 0 Å². The van der Waals surface area contributed by atoms with Crippen molar-refractivity contribution in [3.8, 4) is 11.5 Å². The van der Waals surface area contributed by atoms with Crippen molar-refractivity contribution >= 4 is 22.2 Å². The highest BCUT2D eigenvalue weighted by atomic mass is 32.1. The standard InChI is InChI=1S/C11H12N2O4S/c1-17-6-2-3-9(14)7(4-6)12-11-13-8(5-18-11)10(15)16/h2-5,10,14-16H,1H3,(H,12,13). The number of benzene rings is 1. The van der Waals surface area contributed by atoms with Crippen molar-refractivity contribution < 1.29 is 20.1 Å². The van der Waals surface area contributed by atoms with Crippen LogP contribution in [0.25, 0.3) is 0 Å². The third-order valence-electron chi connectivity index (χ3n) is 2.23. The van der Waals surface area contributed by atoms with Crippen molar-refractivity contribution in [3.63, 3.8) is 0 Å². The molecule has 6 nitrogen and oxygen atoms in total. The fourth-order valence-electron chi connectivity index (χ4n) is 1.32. The Hall–Kier alpha value is -1.83. The van der Waals surface area contributed by atoms with E-state index in [2.05, 4.69) is 10.3 Å². The Balaban J connectivity index is 2.22. The molecule has 2 rings (SSSR count). The lowest BCUT2D eigenvalue weighted by molar-refractivity contribution is -0.0453. The maximum Gasteiger partial charge on any atom is 0.196 e. The van der Waals surface area contributed by atoms with Gasteiger partial charge in [-0.2, -0.15) is 0 Å². The van der Waals surface area contributed by atoms with Gasteiger partial charge in [-0.25, -0.2) is 4.98 Å². The van der Waals surface area contributed by atoms with Gasteiger partial charge in [-0.05, 0) is 12.1 Å². The summed E-state index contributed by atoms with van der Waals surface area (Å²) in [4.78, 5) is 3.96. The molecule has 4 N–H and O–H groups in total. The highest BCUT2D eigenvalue weighted by Gasteiger charge is 2.10. The molecule has 0 amide bonds. The van der Waals surface area contributed by atoms with Gasteiger partial charge in [-0.3, -0.25) is 0 Å². The number of phenols is 1. The molecule has 0 aliphatic heterocycles. The zero-order chi connectivity index (χ0) is 13.1. The van der Waals surface area contributed by atoms with Gasteiger partial charge in [0.2, 0.25) is 0 Å². The van der Waals surface area contributed by atoms with Gasteiger partial charge in [-0.15, -0.1) is 11.3 Å². The highest BCUT2D eigenvalue weighted by molar-refractivity contribution is 7.13. The Bertz CT molecular complexity index is 542. The predicted octanol–water partition coefficient (Wildman–Crippen LogP) is 1.58. The number of aromatic nitrogens is 1. The van der Waals surface area contributed by atoms with Crippen molar-refractivity contribution in [1.29, 1.82) is 0 Å². The molecule has 0 unspecified atom stereocenters. The number of nitrogens with zero attached hydrogens (tertiary/aromatic N) is 1. The first-order chi connectivity index (χ1) is 8.60. The molecule has 1 aromatic heterocycles. The molecule has 96 valence electrons. The van der Waals surface area contributed by atoms with Crippen LogP contribution in [-0.2, 0) is 0 Å². The van der Waals surface area contributed by atoms with E-state index in [1.807, 2.05) is 0 Å². The number of nitrogens with one attached hydrogen (secondary N) is 1. The number of hydrogen-bond acceptors (Lipinski definition) is 7. The van der Waals surface area contributed by atoms with Crippen molar-refractivity contribution in [3.05, 3.63) is 29.3 Å². The molecule has 1 heterocycles. The number of ether oxygens (including phenoxy) is 1. The summed E-state index contributed by atoms with van der Waals surface area (Å²) < 4.78 is 5.04. The summed E-state index contributed by atoms with van der Waals surface area (Å²) in [6.45, 7) is 0. The normalized spacial score (nSPS) is 10.7. The molecule has 0 aliphatic rings. The van der Waals surface area contributed by atoms with Crippen LogP contribution in [0.5, 0.6) is 11.5 Å². The Morgan fingerprint density at radius 1 is 1.39 bits per heavy atom. The van der Waals surface area contributed by atoms with Crippen molar-refractivity contribution in [2.24, 2.45) is 0 Å². The molecular formula is C11H12N2O4S. The summed E-state index contributed by atoms with van der Waals surface area (Å²) in [5, 5.41) is 32.4. The zero-order valence-electron chi connectivity index (χ0n) is 9.49. The molecule has 2 aromatic rings. The highest BCUT2D eigenvalue weighted by Crippen LogP contribution is 2.32. The van der Waals surface area contributed by atoms with Crippen molar-refractivity contribution in [2.75, 3.05) is 12.4 Å². The third-order valence-corrected chi connectivity index (χ3v) is 3.01. The van der Waals surface area contributed by atoms with E-state index in [4.69, 9.17) is 14.9 Å². The van der Waals surface area contributed by atoms with Gasteiger partial charge in [0.25, 0.3) is 0 Å². The van der Waals surface area contributed by atoms with Gasteiger partial charge in [0.05, 0.1) is 12.8 Å². The van der Waals surface area contributed by atoms with Gasteiger partial charge in [-0.1, -0.05) is 0 Å². The van der Waals surface area contributed by atoms with E-state index >= 15 is 0 Å². The fourth-order valence-corrected chi connectivity index (χ4v) is 2.05. The fraction of sp³-hybridized carbons (Fsp3) is 0.182. The minimum Gasteiger partial charge on any atom is -0.506 e. The first-order valence-corrected chi connectivity index (χ1v) is 5.93. The quantitative estimate of drug-likeness (QED) is 0.497. The van der Waals surface area contributed by atoms with Crippen molar-refractivity contribution in [2.45, 2.75) is 6.29 Å². The number of aliphatic hydroxyl groups excluding tert-OH is 1. The van der Waals surface area contributed by atoms with Crippen LogP contribution in [-0.4, -0.2) is 27.4 Å². The average molecular weight is 268 g/mol. The monoisotopic (exact) mass is 268 g/mol. The molecule has 18 heavy (non-hydrogen) atoms. The van der Waals surface area contributed by atoms with E-state index in [-0.39, 0.29) is 11.4 Å². The van der Waals surface area contributed by atoms with Crippen LogP contribution in [0.4, 0.5) is 10.8 Å². The van der Waals surface area contributed by atoms with E-state index in [1.165, 1.54) is 29.9 Å². The lowest BCUT2D eigenvalue weighted by atomic mass is 10.3.